The van der Waals surface area contributed by atoms with E-state index in [9.17, 15) is 0 Å². The summed E-state index contributed by atoms with van der Waals surface area (Å²) in [4.78, 5) is 6.34. The van der Waals surface area contributed by atoms with Crippen LogP contribution < -0.4 is 0 Å². The number of hydrogen-bond acceptors (Lipinski definition) is 3. The van der Waals surface area contributed by atoms with Gasteiger partial charge in [0.1, 0.15) is 0 Å². The van der Waals surface area contributed by atoms with E-state index in [2.05, 4.69) is 16.8 Å². The van der Waals surface area contributed by atoms with Crippen LogP contribution in [-0.2, 0) is 11.3 Å². The van der Waals surface area contributed by atoms with E-state index in [1.54, 1.807) is 0 Å². The fourth-order valence-corrected chi connectivity index (χ4v) is 1.55. The van der Waals surface area contributed by atoms with Gasteiger partial charge in [0.25, 0.3) is 0 Å². The number of aromatic nitrogens is 1. The van der Waals surface area contributed by atoms with Crippen LogP contribution in [0.25, 0.3) is 0 Å². The molecular formula is C12H19ClN2O. The van der Waals surface area contributed by atoms with Crippen LogP contribution in [0.4, 0.5) is 0 Å². The van der Waals surface area contributed by atoms with Crippen molar-refractivity contribution < 1.29 is 4.74 Å². The third-order valence-corrected chi connectivity index (χ3v) is 2.53. The molecule has 0 spiro atoms. The van der Waals surface area contributed by atoms with Crippen molar-refractivity contribution in [2.24, 2.45) is 0 Å². The molecule has 0 aliphatic carbocycles. The van der Waals surface area contributed by atoms with Gasteiger partial charge in [-0.3, -0.25) is 9.88 Å². The highest BCUT2D eigenvalue weighted by Gasteiger charge is 2.02. The smallest absolute Gasteiger partial charge is 0.0602 e. The first-order chi connectivity index (χ1) is 7.86. The van der Waals surface area contributed by atoms with Crippen LogP contribution in [0, 0.1) is 0 Å². The van der Waals surface area contributed by atoms with Gasteiger partial charge in [-0.2, -0.15) is 0 Å². The van der Waals surface area contributed by atoms with Crippen molar-refractivity contribution in [2.75, 3.05) is 32.2 Å². The third kappa shape index (κ3) is 5.45. The topological polar surface area (TPSA) is 25.4 Å². The molecule has 0 unspecified atom stereocenters. The van der Waals surface area contributed by atoms with Crippen molar-refractivity contribution >= 4 is 11.6 Å². The summed E-state index contributed by atoms with van der Waals surface area (Å²) in [6.45, 7) is 6.44. The van der Waals surface area contributed by atoms with Crippen LogP contribution in [0.5, 0.6) is 0 Å². The molecule has 1 aromatic heterocycles. The van der Waals surface area contributed by atoms with Crippen LogP contribution in [0.3, 0.4) is 0 Å². The van der Waals surface area contributed by atoms with E-state index in [1.165, 1.54) is 5.56 Å². The number of rotatable bonds is 8. The second-order valence-corrected chi connectivity index (χ2v) is 3.90. The SMILES string of the molecule is CCN(CCOCCCl)Cc1ccncc1. The first kappa shape index (κ1) is 13.4. The first-order valence-electron chi connectivity index (χ1n) is 5.61. The predicted molar refractivity (Wildman–Crippen MR) is 66.7 cm³/mol. The molecule has 16 heavy (non-hydrogen) atoms. The van der Waals surface area contributed by atoms with Crippen molar-refractivity contribution in [2.45, 2.75) is 13.5 Å². The molecule has 0 radical (unpaired) electrons. The second-order valence-electron chi connectivity index (χ2n) is 3.53. The lowest BCUT2D eigenvalue weighted by atomic mass is 10.2. The number of likely N-dealkylation sites (N-methyl/N-ethyl adjacent to an activating group) is 1. The highest BCUT2D eigenvalue weighted by atomic mass is 35.5. The Labute approximate surface area is 102 Å². The zero-order chi connectivity index (χ0) is 11.6. The average Bonchev–Trinajstić information content (AvgIpc) is 2.34. The van der Waals surface area contributed by atoms with Gasteiger partial charge in [0.15, 0.2) is 0 Å². The molecule has 0 aromatic carbocycles. The molecule has 90 valence electrons. The molecule has 0 aliphatic rings. The van der Waals surface area contributed by atoms with Crippen molar-refractivity contribution in [3.8, 4) is 0 Å². The first-order valence-corrected chi connectivity index (χ1v) is 6.15. The number of nitrogens with zero attached hydrogens (tertiary/aromatic N) is 2. The van der Waals surface area contributed by atoms with E-state index in [1.807, 2.05) is 24.5 Å². The fraction of sp³-hybridized carbons (Fsp3) is 0.583. The lowest BCUT2D eigenvalue weighted by molar-refractivity contribution is 0.114. The number of hydrogen-bond donors (Lipinski definition) is 0. The molecule has 0 fully saturated rings. The Morgan fingerprint density at radius 1 is 1.31 bits per heavy atom. The Morgan fingerprint density at radius 3 is 2.69 bits per heavy atom. The molecule has 0 bridgehead atoms. The maximum Gasteiger partial charge on any atom is 0.0602 e. The molecule has 1 heterocycles. The zero-order valence-corrected chi connectivity index (χ0v) is 10.5. The standard InChI is InChI=1S/C12H19ClN2O/c1-2-15(8-10-16-9-5-13)11-12-3-6-14-7-4-12/h3-4,6-7H,2,5,8-11H2,1H3. The monoisotopic (exact) mass is 242 g/mol. The van der Waals surface area contributed by atoms with Gasteiger partial charge < -0.3 is 4.74 Å². The lowest BCUT2D eigenvalue weighted by Crippen LogP contribution is -2.27. The second kappa shape index (κ2) is 8.50. The van der Waals surface area contributed by atoms with E-state index in [0.29, 0.717) is 12.5 Å². The average molecular weight is 243 g/mol. The molecule has 0 N–H and O–H groups in total. The van der Waals surface area contributed by atoms with Gasteiger partial charge in [-0.15, -0.1) is 11.6 Å². The van der Waals surface area contributed by atoms with Gasteiger partial charge in [0.2, 0.25) is 0 Å². The van der Waals surface area contributed by atoms with Crippen molar-refractivity contribution in [3.63, 3.8) is 0 Å². The molecule has 0 aliphatic heterocycles. The third-order valence-electron chi connectivity index (χ3n) is 2.38. The summed E-state index contributed by atoms with van der Waals surface area (Å²) in [6, 6.07) is 4.09. The number of ether oxygens (including phenoxy) is 1. The van der Waals surface area contributed by atoms with E-state index >= 15 is 0 Å². The van der Waals surface area contributed by atoms with E-state index < -0.39 is 0 Å². The predicted octanol–water partition coefficient (Wildman–Crippen LogP) is 2.16. The van der Waals surface area contributed by atoms with E-state index in [4.69, 9.17) is 16.3 Å². The minimum Gasteiger partial charge on any atom is -0.379 e. The summed E-state index contributed by atoms with van der Waals surface area (Å²) in [5.41, 5.74) is 1.29. The van der Waals surface area contributed by atoms with Gasteiger partial charge in [-0.25, -0.2) is 0 Å². The van der Waals surface area contributed by atoms with Crippen LogP contribution in [0.15, 0.2) is 24.5 Å². The number of halogens is 1. The minimum atomic E-state index is 0.566. The summed E-state index contributed by atoms with van der Waals surface area (Å²) < 4.78 is 5.37. The Hall–Kier alpha value is -0.640. The lowest BCUT2D eigenvalue weighted by Gasteiger charge is -2.20. The van der Waals surface area contributed by atoms with Crippen molar-refractivity contribution in [1.29, 1.82) is 0 Å². The van der Waals surface area contributed by atoms with Crippen LogP contribution in [-0.4, -0.2) is 42.1 Å². The largest absolute Gasteiger partial charge is 0.379 e. The van der Waals surface area contributed by atoms with E-state index in [0.717, 1.165) is 26.2 Å². The molecule has 1 aromatic rings. The number of pyridine rings is 1. The van der Waals surface area contributed by atoms with Gasteiger partial charge in [0.05, 0.1) is 13.2 Å². The molecule has 3 nitrogen and oxygen atoms in total. The summed E-state index contributed by atoms with van der Waals surface area (Å²) in [6.07, 6.45) is 3.65. The quantitative estimate of drug-likeness (QED) is 0.516. The summed E-state index contributed by atoms with van der Waals surface area (Å²) in [5, 5.41) is 0. The van der Waals surface area contributed by atoms with Crippen LogP contribution in [0.1, 0.15) is 12.5 Å². The maximum absolute atomic E-state index is 5.53. The fourth-order valence-electron chi connectivity index (χ4n) is 1.45. The van der Waals surface area contributed by atoms with Crippen LogP contribution >= 0.6 is 11.6 Å². The highest BCUT2D eigenvalue weighted by Crippen LogP contribution is 2.02. The van der Waals surface area contributed by atoms with E-state index in [-0.39, 0.29) is 0 Å². The van der Waals surface area contributed by atoms with Gasteiger partial charge in [0, 0.05) is 31.4 Å². The van der Waals surface area contributed by atoms with Crippen LogP contribution in [0.2, 0.25) is 0 Å². The molecule has 0 amide bonds. The maximum atomic E-state index is 5.53. The Morgan fingerprint density at radius 2 is 2.06 bits per heavy atom. The Kier molecular flexibility index (Phi) is 7.14. The molecule has 0 saturated carbocycles. The summed E-state index contributed by atoms with van der Waals surface area (Å²) >= 11 is 5.53. The van der Waals surface area contributed by atoms with Crippen molar-refractivity contribution in [1.82, 2.24) is 9.88 Å². The minimum absolute atomic E-state index is 0.566. The Bertz CT molecular complexity index is 269. The normalized spacial score (nSPS) is 10.9. The van der Waals surface area contributed by atoms with Gasteiger partial charge >= 0.3 is 0 Å². The van der Waals surface area contributed by atoms with Gasteiger partial charge in [-0.1, -0.05) is 6.92 Å². The van der Waals surface area contributed by atoms with Crippen molar-refractivity contribution in [3.05, 3.63) is 30.1 Å². The zero-order valence-electron chi connectivity index (χ0n) is 9.73. The molecular weight excluding hydrogens is 224 g/mol. The molecule has 4 heteroatoms. The highest BCUT2D eigenvalue weighted by molar-refractivity contribution is 6.17. The molecule has 0 atom stereocenters. The molecule has 0 saturated heterocycles. The summed E-state index contributed by atoms with van der Waals surface area (Å²) in [7, 11) is 0. The molecule has 1 rings (SSSR count). The number of alkyl halides is 1. The Balaban J connectivity index is 2.26. The van der Waals surface area contributed by atoms with Gasteiger partial charge in [-0.05, 0) is 24.2 Å². The summed E-state index contributed by atoms with van der Waals surface area (Å²) in [5.74, 6) is 0.566.